The summed E-state index contributed by atoms with van der Waals surface area (Å²) in [6.07, 6.45) is 5.39. The summed E-state index contributed by atoms with van der Waals surface area (Å²) in [5.74, 6) is -2.24. The van der Waals surface area contributed by atoms with Gasteiger partial charge in [-0.3, -0.25) is 4.79 Å². The summed E-state index contributed by atoms with van der Waals surface area (Å²) in [5, 5.41) is 18.0. The monoisotopic (exact) mass is 521 g/mol. The van der Waals surface area contributed by atoms with Crippen LogP contribution in [-0.4, -0.2) is 23.1 Å². The van der Waals surface area contributed by atoms with Gasteiger partial charge in [0.25, 0.3) is 0 Å². The number of rotatable bonds is 9. The number of carboxylic acids is 1. The lowest BCUT2D eigenvalue weighted by Crippen LogP contribution is -2.35. The standard InChI is InChI=1S/C27H34ClF2N3O3/c1-15(2)26(17-7-5-4-6-8-17)31-24-14-20(29)19(16(3)11-25(34)35)13-23(24)33-27(36)32-22-10-9-18(28)12-21(22)30/h9-10,12-17,26,31H,4-8,11H2,1-3H3,(H,34,35)(H2,32,33,36). The summed E-state index contributed by atoms with van der Waals surface area (Å²) in [6, 6.07) is 6.00. The summed E-state index contributed by atoms with van der Waals surface area (Å²) in [7, 11) is 0. The van der Waals surface area contributed by atoms with Gasteiger partial charge in [0.15, 0.2) is 0 Å². The van der Waals surface area contributed by atoms with E-state index in [-0.39, 0.29) is 40.3 Å². The fourth-order valence-corrected chi connectivity index (χ4v) is 5.09. The molecule has 196 valence electrons. The maximum atomic E-state index is 15.2. The van der Waals surface area contributed by atoms with Crippen LogP contribution in [0.25, 0.3) is 0 Å². The number of amides is 2. The molecular weight excluding hydrogens is 488 g/mol. The lowest BCUT2D eigenvalue weighted by Gasteiger charge is -2.35. The molecule has 9 heteroatoms. The van der Waals surface area contributed by atoms with E-state index >= 15 is 4.39 Å². The summed E-state index contributed by atoms with van der Waals surface area (Å²) < 4.78 is 29.4. The largest absolute Gasteiger partial charge is 0.481 e. The van der Waals surface area contributed by atoms with E-state index in [0.29, 0.717) is 11.6 Å². The van der Waals surface area contributed by atoms with Gasteiger partial charge in [-0.05, 0) is 66.5 Å². The molecule has 0 radical (unpaired) electrons. The predicted octanol–water partition coefficient (Wildman–Crippen LogP) is 7.86. The molecule has 1 saturated carbocycles. The Balaban J connectivity index is 1.93. The van der Waals surface area contributed by atoms with Crippen LogP contribution < -0.4 is 16.0 Å². The number of nitrogens with one attached hydrogen (secondary N) is 3. The molecule has 0 aromatic heterocycles. The van der Waals surface area contributed by atoms with Gasteiger partial charge < -0.3 is 21.1 Å². The zero-order valence-corrected chi connectivity index (χ0v) is 21.6. The second kappa shape index (κ2) is 12.4. The van der Waals surface area contributed by atoms with Gasteiger partial charge in [0, 0.05) is 11.1 Å². The van der Waals surface area contributed by atoms with Crippen molar-refractivity contribution in [3.8, 4) is 0 Å². The smallest absolute Gasteiger partial charge is 0.323 e. The number of carboxylic acid groups (broad SMARTS) is 1. The topological polar surface area (TPSA) is 90.5 Å². The molecule has 0 heterocycles. The Morgan fingerprint density at radius 2 is 1.64 bits per heavy atom. The van der Waals surface area contributed by atoms with E-state index in [9.17, 15) is 19.1 Å². The Labute approximate surface area is 215 Å². The van der Waals surface area contributed by atoms with Gasteiger partial charge in [-0.2, -0.15) is 0 Å². The number of benzene rings is 2. The molecule has 6 nitrogen and oxygen atoms in total. The maximum absolute atomic E-state index is 15.2. The lowest BCUT2D eigenvalue weighted by molar-refractivity contribution is -0.137. The minimum atomic E-state index is -1.05. The molecule has 2 aromatic carbocycles. The van der Waals surface area contributed by atoms with Gasteiger partial charge in [-0.25, -0.2) is 13.6 Å². The van der Waals surface area contributed by atoms with E-state index in [1.165, 1.54) is 30.7 Å². The van der Waals surface area contributed by atoms with E-state index in [1.54, 1.807) is 6.92 Å². The normalized spacial score (nSPS) is 15.9. The van der Waals surface area contributed by atoms with Crippen LogP contribution in [0.4, 0.5) is 30.6 Å². The molecule has 1 fully saturated rings. The predicted molar refractivity (Wildman–Crippen MR) is 140 cm³/mol. The first-order valence-electron chi connectivity index (χ1n) is 12.4. The Hall–Kier alpha value is -2.87. The van der Waals surface area contributed by atoms with Crippen molar-refractivity contribution in [3.63, 3.8) is 0 Å². The summed E-state index contributed by atoms with van der Waals surface area (Å²) >= 11 is 5.79. The lowest BCUT2D eigenvalue weighted by atomic mass is 9.79. The van der Waals surface area contributed by atoms with Crippen LogP contribution >= 0.6 is 11.6 Å². The molecule has 1 aliphatic rings. The third-order valence-electron chi connectivity index (χ3n) is 6.77. The maximum Gasteiger partial charge on any atom is 0.323 e. The molecule has 4 N–H and O–H groups in total. The molecule has 2 unspecified atom stereocenters. The van der Waals surface area contributed by atoms with Crippen molar-refractivity contribution < 1.29 is 23.5 Å². The molecule has 0 saturated heterocycles. The Morgan fingerprint density at radius 3 is 2.25 bits per heavy atom. The van der Waals surface area contributed by atoms with Gasteiger partial charge in [0.2, 0.25) is 0 Å². The van der Waals surface area contributed by atoms with Gasteiger partial charge in [-0.15, -0.1) is 0 Å². The zero-order valence-electron chi connectivity index (χ0n) is 20.8. The van der Waals surface area contributed by atoms with Gasteiger partial charge >= 0.3 is 12.0 Å². The summed E-state index contributed by atoms with van der Waals surface area (Å²) in [6.45, 7) is 5.83. The highest BCUT2D eigenvalue weighted by Gasteiger charge is 2.28. The van der Waals surface area contributed by atoms with Crippen molar-refractivity contribution in [2.45, 2.75) is 71.3 Å². The first-order chi connectivity index (χ1) is 17.0. The second-order valence-electron chi connectivity index (χ2n) is 9.93. The van der Waals surface area contributed by atoms with Crippen molar-refractivity contribution in [2.75, 3.05) is 16.0 Å². The quantitative estimate of drug-likeness (QED) is 0.270. The van der Waals surface area contributed by atoms with Gasteiger partial charge in [-0.1, -0.05) is 51.6 Å². The minimum Gasteiger partial charge on any atom is -0.481 e. The van der Waals surface area contributed by atoms with Gasteiger partial charge in [0.05, 0.1) is 23.5 Å². The number of carbonyl (C=O) groups excluding carboxylic acids is 1. The van der Waals surface area contributed by atoms with E-state index in [1.807, 2.05) is 0 Å². The molecule has 36 heavy (non-hydrogen) atoms. The molecule has 2 amide bonds. The average Bonchev–Trinajstić information content (AvgIpc) is 2.80. The number of aliphatic carboxylic acids is 1. The van der Waals surface area contributed by atoms with E-state index in [4.69, 9.17) is 11.6 Å². The molecule has 0 bridgehead atoms. The molecule has 0 spiro atoms. The van der Waals surface area contributed by atoms with Crippen LogP contribution in [0.1, 0.15) is 70.8 Å². The number of hydrogen-bond acceptors (Lipinski definition) is 3. The Morgan fingerprint density at radius 1 is 0.972 bits per heavy atom. The molecule has 2 aromatic rings. The van der Waals surface area contributed by atoms with Crippen LogP contribution in [-0.2, 0) is 4.79 Å². The number of carbonyl (C=O) groups is 2. The van der Waals surface area contributed by atoms with Gasteiger partial charge in [0.1, 0.15) is 11.6 Å². The fraction of sp³-hybridized carbons (Fsp3) is 0.481. The molecule has 2 atom stereocenters. The molecular formula is C27H34ClF2N3O3. The summed E-state index contributed by atoms with van der Waals surface area (Å²) in [5.41, 5.74) is 0.802. The molecule has 3 rings (SSSR count). The van der Waals surface area contributed by atoms with E-state index in [2.05, 4.69) is 29.8 Å². The highest BCUT2D eigenvalue weighted by atomic mass is 35.5. The molecule has 0 aliphatic heterocycles. The molecule has 1 aliphatic carbocycles. The number of urea groups is 1. The summed E-state index contributed by atoms with van der Waals surface area (Å²) in [4.78, 5) is 24.0. The van der Waals surface area contributed by atoms with Crippen LogP contribution in [0.5, 0.6) is 0 Å². The first kappa shape index (κ1) is 27.7. The highest BCUT2D eigenvalue weighted by Crippen LogP contribution is 2.36. The van der Waals surface area contributed by atoms with Crippen molar-refractivity contribution in [2.24, 2.45) is 11.8 Å². The van der Waals surface area contributed by atoms with Crippen molar-refractivity contribution in [3.05, 3.63) is 52.6 Å². The van der Waals surface area contributed by atoms with Crippen LogP contribution in [0.2, 0.25) is 5.02 Å². The highest BCUT2D eigenvalue weighted by molar-refractivity contribution is 6.30. The Bertz CT molecular complexity index is 1090. The van der Waals surface area contributed by atoms with Crippen molar-refractivity contribution in [1.29, 1.82) is 0 Å². The van der Waals surface area contributed by atoms with Crippen LogP contribution in [0.3, 0.4) is 0 Å². The van der Waals surface area contributed by atoms with Crippen molar-refractivity contribution in [1.82, 2.24) is 0 Å². The number of halogens is 3. The van der Waals surface area contributed by atoms with E-state index in [0.717, 1.165) is 31.7 Å². The SMILES string of the molecule is CC(CC(=O)O)c1cc(NC(=O)Nc2ccc(Cl)cc2F)c(NC(C(C)C)C2CCCCC2)cc1F. The average molecular weight is 522 g/mol. The van der Waals surface area contributed by atoms with E-state index < -0.39 is 29.6 Å². The van der Waals surface area contributed by atoms with Crippen LogP contribution in [0, 0.1) is 23.5 Å². The Kier molecular flexibility index (Phi) is 9.54. The zero-order chi connectivity index (χ0) is 26.4. The number of hydrogen-bond donors (Lipinski definition) is 4. The number of anilines is 3. The van der Waals surface area contributed by atoms with Crippen molar-refractivity contribution >= 4 is 40.7 Å². The fourth-order valence-electron chi connectivity index (χ4n) is 4.93. The van der Waals surface area contributed by atoms with Crippen LogP contribution in [0.15, 0.2) is 30.3 Å². The second-order valence-corrected chi connectivity index (χ2v) is 10.4. The minimum absolute atomic E-state index is 0.0595. The first-order valence-corrected chi connectivity index (χ1v) is 12.8. The third kappa shape index (κ3) is 7.32. The third-order valence-corrected chi connectivity index (χ3v) is 7.01.